The van der Waals surface area contributed by atoms with Crippen molar-refractivity contribution in [2.24, 2.45) is 5.92 Å². The minimum absolute atomic E-state index is 0.105. The van der Waals surface area contributed by atoms with E-state index in [-0.39, 0.29) is 29.8 Å². The molecule has 2 aliphatic heterocycles. The molecule has 1 fully saturated rings. The lowest BCUT2D eigenvalue weighted by atomic mass is 9.99. The van der Waals surface area contributed by atoms with E-state index in [1.807, 2.05) is 6.92 Å². The van der Waals surface area contributed by atoms with Crippen molar-refractivity contribution in [3.63, 3.8) is 0 Å². The largest absolute Gasteiger partial charge is 0.476 e. The Labute approximate surface area is 141 Å². The van der Waals surface area contributed by atoms with Gasteiger partial charge in [-0.2, -0.15) is 4.31 Å². The van der Waals surface area contributed by atoms with Gasteiger partial charge in [0.15, 0.2) is 5.60 Å². The Balaban J connectivity index is 1.91. The number of rotatable bonds is 2. The molecule has 0 aliphatic carbocycles. The summed E-state index contributed by atoms with van der Waals surface area (Å²) in [5.74, 6) is 0.00948. The Morgan fingerprint density at radius 2 is 2.08 bits per heavy atom. The first-order valence-corrected chi connectivity index (χ1v) is 9.38. The topological polar surface area (TPSA) is 95.9 Å². The second-order valence-electron chi connectivity index (χ2n) is 6.92. The third-order valence-corrected chi connectivity index (χ3v) is 6.43. The van der Waals surface area contributed by atoms with Crippen LogP contribution in [0.5, 0.6) is 5.75 Å². The SMILES string of the molecule is C[C@H]1CN(S(=O)(=O)c2ccc3c(c2)NC(=O)C(C)(C)O3)CC[C@@H]1O. The predicted octanol–water partition coefficient (Wildman–Crippen LogP) is 1.19. The van der Waals surface area contributed by atoms with Crippen LogP contribution in [0, 0.1) is 5.92 Å². The number of sulfonamides is 1. The Morgan fingerprint density at radius 3 is 2.75 bits per heavy atom. The first kappa shape index (κ1) is 17.2. The molecule has 1 amide bonds. The van der Waals surface area contributed by atoms with Crippen molar-refractivity contribution in [3.05, 3.63) is 18.2 Å². The summed E-state index contributed by atoms with van der Waals surface area (Å²) in [7, 11) is -3.68. The number of hydrogen-bond acceptors (Lipinski definition) is 5. The lowest BCUT2D eigenvalue weighted by Crippen LogP contribution is -2.46. The summed E-state index contributed by atoms with van der Waals surface area (Å²) in [6.07, 6.45) is -0.0609. The van der Waals surface area contributed by atoms with Crippen LogP contribution in [0.2, 0.25) is 0 Å². The van der Waals surface area contributed by atoms with Crippen LogP contribution in [-0.2, 0) is 14.8 Å². The van der Waals surface area contributed by atoms with Crippen LogP contribution in [0.25, 0.3) is 0 Å². The number of ether oxygens (including phenoxy) is 1. The number of amides is 1. The molecule has 1 aromatic rings. The normalized spacial score (nSPS) is 27.1. The molecule has 0 saturated carbocycles. The van der Waals surface area contributed by atoms with Crippen molar-refractivity contribution in [1.29, 1.82) is 0 Å². The standard InChI is InChI=1S/C16H22N2O5S/c1-10-9-18(7-6-13(10)19)24(21,22)11-4-5-14-12(8-11)17-15(20)16(2,3)23-14/h4-5,8,10,13,19H,6-7,9H2,1-3H3,(H,17,20)/t10-,13-/m0/s1. The van der Waals surface area contributed by atoms with Crippen molar-refractivity contribution in [2.45, 2.75) is 43.8 Å². The van der Waals surface area contributed by atoms with E-state index >= 15 is 0 Å². The fourth-order valence-corrected chi connectivity index (χ4v) is 4.49. The molecule has 0 unspecified atom stereocenters. The molecule has 2 N–H and O–H groups in total. The number of fused-ring (bicyclic) bond motifs is 1. The number of benzene rings is 1. The first-order chi connectivity index (χ1) is 11.1. The Kier molecular flexibility index (Phi) is 4.09. The van der Waals surface area contributed by atoms with E-state index in [2.05, 4.69) is 5.32 Å². The number of aliphatic hydroxyl groups is 1. The number of piperidine rings is 1. The lowest BCUT2D eigenvalue weighted by Gasteiger charge is -2.34. The Bertz CT molecular complexity index is 775. The number of nitrogens with zero attached hydrogens (tertiary/aromatic N) is 1. The zero-order valence-electron chi connectivity index (χ0n) is 13.9. The molecule has 0 aromatic heterocycles. The van der Waals surface area contributed by atoms with Crippen LogP contribution in [0.3, 0.4) is 0 Å². The quantitative estimate of drug-likeness (QED) is 0.832. The molecule has 0 spiro atoms. The highest BCUT2D eigenvalue weighted by Crippen LogP contribution is 2.36. The highest BCUT2D eigenvalue weighted by atomic mass is 32.2. The van der Waals surface area contributed by atoms with Gasteiger partial charge in [-0.1, -0.05) is 6.92 Å². The van der Waals surface area contributed by atoms with E-state index in [1.54, 1.807) is 19.9 Å². The van der Waals surface area contributed by atoms with Crippen molar-refractivity contribution in [1.82, 2.24) is 4.31 Å². The number of carbonyl (C=O) groups excluding carboxylic acids is 1. The van der Waals surface area contributed by atoms with Gasteiger partial charge >= 0.3 is 0 Å². The Morgan fingerprint density at radius 1 is 1.38 bits per heavy atom. The third-order valence-electron chi connectivity index (χ3n) is 4.57. The average Bonchev–Trinajstić information content (AvgIpc) is 2.50. The van der Waals surface area contributed by atoms with Gasteiger partial charge in [0, 0.05) is 13.1 Å². The van der Waals surface area contributed by atoms with Crippen LogP contribution in [0.15, 0.2) is 23.1 Å². The lowest BCUT2D eigenvalue weighted by molar-refractivity contribution is -0.129. The van der Waals surface area contributed by atoms with Crippen LogP contribution in [0.4, 0.5) is 5.69 Å². The van der Waals surface area contributed by atoms with Crippen molar-refractivity contribution >= 4 is 21.6 Å². The zero-order chi connectivity index (χ0) is 17.7. The van der Waals surface area contributed by atoms with Crippen LogP contribution in [-0.4, -0.2) is 48.5 Å². The molecular formula is C16H22N2O5S. The van der Waals surface area contributed by atoms with E-state index in [9.17, 15) is 18.3 Å². The maximum Gasteiger partial charge on any atom is 0.268 e. The first-order valence-electron chi connectivity index (χ1n) is 7.94. The molecule has 1 saturated heterocycles. The van der Waals surface area contributed by atoms with E-state index in [0.717, 1.165) is 0 Å². The van der Waals surface area contributed by atoms with Crippen molar-refractivity contribution in [2.75, 3.05) is 18.4 Å². The molecule has 2 aliphatic rings. The number of nitrogens with one attached hydrogen (secondary N) is 1. The minimum Gasteiger partial charge on any atom is -0.476 e. The van der Waals surface area contributed by atoms with E-state index in [1.165, 1.54) is 16.4 Å². The Hall–Kier alpha value is -1.64. The van der Waals surface area contributed by atoms with Crippen molar-refractivity contribution in [3.8, 4) is 5.75 Å². The summed E-state index contributed by atoms with van der Waals surface area (Å²) in [6, 6.07) is 4.47. The van der Waals surface area contributed by atoms with Gasteiger partial charge in [0.2, 0.25) is 10.0 Å². The third kappa shape index (κ3) is 2.89. The molecule has 1 aromatic carbocycles. The monoisotopic (exact) mass is 354 g/mol. The van der Waals surface area contributed by atoms with E-state index in [4.69, 9.17) is 4.74 Å². The fraction of sp³-hybridized carbons (Fsp3) is 0.562. The van der Waals surface area contributed by atoms with Gasteiger partial charge in [0.05, 0.1) is 16.7 Å². The minimum atomic E-state index is -3.68. The second-order valence-corrected chi connectivity index (χ2v) is 8.86. The second kappa shape index (κ2) is 5.72. The van der Waals surface area contributed by atoms with Gasteiger partial charge in [-0.25, -0.2) is 8.42 Å². The molecule has 2 atom stereocenters. The number of anilines is 1. The molecule has 0 radical (unpaired) electrons. The fourth-order valence-electron chi connectivity index (χ4n) is 2.91. The molecule has 0 bridgehead atoms. The molecule has 8 heteroatoms. The van der Waals surface area contributed by atoms with Crippen molar-refractivity contribution < 1.29 is 23.1 Å². The maximum absolute atomic E-state index is 12.8. The molecule has 3 rings (SSSR count). The molecule has 132 valence electrons. The molecule has 24 heavy (non-hydrogen) atoms. The van der Waals surface area contributed by atoms with Crippen LogP contribution < -0.4 is 10.1 Å². The summed E-state index contributed by atoms with van der Waals surface area (Å²) >= 11 is 0. The summed E-state index contributed by atoms with van der Waals surface area (Å²) in [4.78, 5) is 12.1. The van der Waals surface area contributed by atoms with Gasteiger partial charge in [-0.05, 0) is 44.4 Å². The summed E-state index contributed by atoms with van der Waals surface area (Å²) in [5, 5.41) is 12.5. The van der Waals surface area contributed by atoms with Gasteiger partial charge in [0.25, 0.3) is 5.91 Å². The smallest absolute Gasteiger partial charge is 0.268 e. The number of hydrogen-bond donors (Lipinski definition) is 2. The predicted molar refractivity (Wildman–Crippen MR) is 88.3 cm³/mol. The van der Waals surface area contributed by atoms with Gasteiger partial charge < -0.3 is 15.2 Å². The van der Waals surface area contributed by atoms with Gasteiger partial charge in [0.1, 0.15) is 5.75 Å². The maximum atomic E-state index is 12.8. The summed E-state index contributed by atoms with van der Waals surface area (Å²) in [6.45, 7) is 5.68. The van der Waals surface area contributed by atoms with Gasteiger partial charge in [-0.3, -0.25) is 4.79 Å². The summed E-state index contributed by atoms with van der Waals surface area (Å²) in [5.41, 5.74) is -0.642. The average molecular weight is 354 g/mol. The number of carbonyl (C=O) groups is 1. The van der Waals surface area contributed by atoms with Crippen LogP contribution >= 0.6 is 0 Å². The highest BCUT2D eigenvalue weighted by molar-refractivity contribution is 7.89. The highest BCUT2D eigenvalue weighted by Gasteiger charge is 2.37. The molecular weight excluding hydrogens is 332 g/mol. The molecule has 7 nitrogen and oxygen atoms in total. The van der Waals surface area contributed by atoms with Gasteiger partial charge in [-0.15, -0.1) is 0 Å². The zero-order valence-corrected chi connectivity index (χ0v) is 14.8. The van der Waals surface area contributed by atoms with E-state index in [0.29, 0.717) is 17.9 Å². The van der Waals surface area contributed by atoms with E-state index < -0.39 is 21.7 Å². The van der Waals surface area contributed by atoms with Crippen LogP contribution in [0.1, 0.15) is 27.2 Å². The summed E-state index contributed by atoms with van der Waals surface area (Å²) < 4.78 is 32.6. The number of aliphatic hydroxyl groups excluding tert-OH is 1. The molecule has 2 heterocycles.